The molecule has 1 unspecified atom stereocenters. The van der Waals surface area contributed by atoms with Crippen LogP contribution >= 0.6 is 20.2 Å². The fourth-order valence-electron chi connectivity index (χ4n) is 0.732. The Hall–Kier alpha value is -1.05. The lowest BCUT2D eigenvalue weighted by Gasteiger charge is -1.88. The zero-order valence-electron chi connectivity index (χ0n) is 7.31. The molecule has 5 heteroatoms. The fraction of sp³-hybridized carbons (Fsp3) is 0. The van der Waals surface area contributed by atoms with Gasteiger partial charge < -0.3 is 4.89 Å². The topological polar surface area (TPSA) is 61.2 Å². The van der Waals surface area contributed by atoms with Crippen molar-refractivity contribution in [3.05, 3.63) is 41.7 Å². The maximum absolute atomic E-state index is 10.3. The van der Waals surface area contributed by atoms with Gasteiger partial charge in [-0.05, 0) is 29.7 Å². The van der Waals surface area contributed by atoms with Crippen molar-refractivity contribution in [3.8, 4) is 0 Å². The van der Waals surface area contributed by atoms with Crippen molar-refractivity contribution in [1.82, 2.24) is 0 Å². The zero-order valence-corrected chi connectivity index (χ0v) is 9.12. The molecule has 3 nitrogen and oxygen atoms in total. The lowest BCUT2D eigenvalue weighted by atomic mass is 10.2. The van der Waals surface area contributed by atoms with Gasteiger partial charge in [-0.15, -0.1) is 0 Å². The van der Waals surface area contributed by atoms with Crippen molar-refractivity contribution in [3.63, 3.8) is 0 Å². The van der Waals surface area contributed by atoms with Crippen LogP contribution in [-0.4, -0.2) is 10.1 Å². The molecule has 1 aromatic carbocycles. The van der Waals surface area contributed by atoms with E-state index < -0.39 is 8.03 Å². The summed E-state index contributed by atoms with van der Waals surface area (Å²) in [5.74, 6) is 1.31. The third-order valence-corrected chi connectivity index (χ3v) is 1.67. The van der Waals surface area contributed by atoms with E-state index >= 15 is 0 Å². The predicted molar refractivity (Wildman–Crippen MR) is 62.0 cm³/mol. The monoisotopic (exact) mass is 227 g/mol. The maximum Gasteiger partial charge on any atom is 0.211 e. The highest BCUT2D eigenvalue weighted by atomic mass is 32.1. The third-order valence-electron chi connectivity index (χ3n) is 1.22. The summed E-state index contributed by atoms with van der Waals surface area (Å²) in [5.41, 5.74) is 0.944. The Morgan fingerprint density at radius 2 is 1.93 bits per heavy atom. The average Bonchev–Trinajstić information content (AvgIpc) is 2.18. The van der Waals surface area contributed by atoms with Gasteiger partial charge in [0.15, 0.2) is 0 Å². The number of benzene rings is 1. The van der Waals surface area contributed by atoms with Crippen molar-refractivity contribution in [1.29, 1.82) is 5.41 Å². The van der Waals surface area contributed by atoms with Crippen LogP contribution in [0.5, 0.6) is 0 Å². The van der Waals surface area contributed by atoms with Crippen LogP contribution < -0.4 is 0 Å². The van der Waals surface area contributed by atoms with Gasteiger partial charge in [0.1, 0.15) is 0 Å². The van der Waals surface area contributed by atoms with Gasteiger partial charge in [-0.2, -0.15) is 0 Å². The highest BCUT2D eigenvalue weighted by molar-refractivity contribution is 7.78. The maximum atomic E-state index is 10.3. The summed E-state index contributed by atoms with van der Waals surface area (Å²) in [6.07, 6.45) is 1.64. The number of nitrogens with one attached hydrogen (secondary N) is 1. The largest absolute Gasteiger partial charge is 0.343 e. The second kappa shape index (κ2) is 8.54. The van der Waals surface area contributed by atoms with E-state index in [0.717, 1.165) is 5.56 Å². The van der Waals surface area contributed by atoms with Gasteiger partial charge >= 0.3 is 0 Å². The van der Waals surface area contributed by atoms with Gasteiger partial charge in [-0.25, -0.2) is 5.41 Å². The van der Waals surface area contributed by atoms with Crippen molar-refractivity contribution >= 4 is 31.5 Å². The molecular weight excluding hydrogens is 217 g/mol. The van der Waals surface area contributed by atoms with Crippen LogP contribution in [0.15, 0.2) is 36.1 Å². The summed E-state index contributed by atoms with van der Waals surface area (Å²) in [6.45, 7) is 0. The smallest absolute Gasteiger partial charge is 0.211 e. The molecule has 0 spiro atoms. The SMILES string of the molecule is N=C=S.O=[PH](O)C=Cc1ccccc1. The summed E-state index contributed by atoms with van der Waals surface area (Å²) in [4.78, 5) is 8.47. The fourth-order valence-corrected chi connectivity index (χ4v) is 1.07. The Balaban J connectivity index is 0.000000500. The minimum Gasteiger partial charge on any atom is -0.343 e. The summed E-state index contributed by atoms with van der Waals surface area (Å²) in [7, 11) is -2.46. The second-order valence-corrected chi connectivity index (χ2v) is 3.40. The van der Waals surface area contributed by atoms with E-state index in [2.05, 4.69) is 12.2 Å². The highest BCUT2D eigenvalue weighted by Gasteiger charge is 1.83. The van der Waals surface area contributed by atoms with E-state index in [4.69, 9.17) is 10.3 Å². The zero-order chi connectivity index (χ0) is 10.8. The third kappa shape index (κ3) is 7.59. The molecule has 1 aromatic rings. The first-order chi connectivity index (χ1) is 6.70. The molecular formula is C9H10NO2PS. The van der Waals surface area contributed by atoms with E-state index in [-0.39, 0.29) is 0 Å². The summed E-state index contributed by atoms with van der Waals surface area (Å²) in [5, 5.41) is 7.36. The Morgan fingerprint density at radius 1 is 1.43 bits per heavy atom. The quantitative estimate of drug-likeness (QED) is 0.464. The Morgan fingerprint density at radius 3 is 2.36 bits per heavy atom. The molecule has 14 heavy (non-hydrogen) atoms. The Bertz CT molecular complexity index is 345. The molecule has 0 fully saturated rings. The number of hydrogen-bond donors (Lipinski definition) is 2. The lowest BCUT2D eigenvalue weighted by Crippen LogP contribution is -1.65. The van der Waals surface area contributed by atoms with Gasteiger partial charge in [0.2, 0.25) is 8.03 Å². The minimum atomic E-state index is -2.46. The first-order valence-corrected chi connectivity index (χ1v) is 5.54. The number of rotatable bonds is 2. The first-order valence-electron chi connectivity index (χ1n) is 3.70. The van der Waals surface area contributed by atoms with Crippen LogP contribution in [-0.2, 0) is 4.57 Å². The molecule has 0 aliphatic heterocycles. The van der Waals surface area contributed by atoms with Gasteiger partial charge in [-0.1, -0.05) is 30.3 Å². The minimum absolute atomic E-state index is 0.944. The molecule has 0 aromatic heterocycles. The number of isothiocyanates is 1. The molecule has 0 amide bonds. The van der Waals surface area contributed by atoms with Crippen molar-refractivity contribution < 1.29 is 9.46 Å². The van der Waals surface area contributed by atoms with Crippen LogP contribution in [0.4, 0.5) is 0 Å². The second-order valence-electron chi connectivity index (χ2n) is 2.18. The Kier molecular flexibility index (Phi) is 7.90. The molecule has 0 aliphatic rings. The molecule has 0 bridgehead atoms. The molecule has 1 atom stereocenters. The summed E-state index contributed by atoms with van der Waals surface area (Å²) < 4.78 is 10.3. The van der Waals surface area contributed by atoms with Crippen molar-refractivity contribution in [2.24, 2.45) is 0 Å². The normalized spacial score (nSPS) is 11.2. The summed E-state index contributed by atoms with van der Waals surface area (Å²) in [6, 6.07) is 9.42. The molecule has 0 radical (unpaired) electrons. The summed E-state index contributed by atoms with van der Waals surface area (Å²) >= 11 is 3.81. The highest BCUT2D eigenvalue weighted by Crippen LogP contribution is 2.16. The molecule has 0 heterocycles. The van der Waals surface area contributed by atoms with Crippen LogP contribution in [0.3, 0.4) is 0 Å². The van der Waals surface area contributed by atoms with Crippen LogP contribution in [0, 0.1) is 5.41 Å². The molecule has 2 N–H and O–H groups in total. The van der Waals surface area contributed by atoms with Crippen molar-refractivity contribution in [2.45, 2.75) is 0 Å². The average molecular weight is 227 g/mol. The Labute approximate surface area is 88.5 Å². The van der Waals surface area contributed by atoms with Crippen LogP contribution in [0.25, 0.3) is 6.08 Å². The van der Waals surface area contributed by atoms with E-state index in [0.29, 0.717) is 0 Å². The van der Waals surface area contributed by atoms with Gasteiger partial charge in [0, 0.05) is 0 Å². The van der Waals surface area contributed by atoms with Gasteiger partial charge in [0.25, 0.3) is 0 Å². The molecule has 1 rings (SSSR count). The molecule has 0 saturated heterocycles. The van der Waals surface area contributed by atoms with Crippen molar-refractivity contribution in [2.75, 3.05) is 0 Å². The molecule has 0 saturated carbocycles. The lowest BCUT2D eigenvalue weighted by molar-refractivity contribution is 0.513. The van der Waals surface area contributed by atoms with Crippen LogP contribution in [0.2, 0.25) is 0 Å². The van der Waals surface area contributed by atoms with E-state index in [1.165, 1.54) is 5.82 Å². The van der Waals surface area contributed by atoms with E-state index in [1.54, 1.807) is 11.2 Å². The van der Waals surface area contributed by atoms with E-state index in [9.17, 15) is 4.57 Å². The first kappa shape index (κ1) is 12.9. The predicted octanol–water partition coefficient (Wildman–Crippen LogP) is 2.79. The van der Waals surface area contributed by atoms with Gasteiger partial charge in [0.05, 0.1) is 5.16 Å². The number of hydrogen-bond acceptors (Lipinski definition) is 3. The standard InChI is InChI=1S/C8H9O2P.CHNS/c9-11(10)7-6-8-4-2-1-3-5-8;2-1-3/h1-7,11H,(H,9,10);2H. The van der Waals surface area contributed by atoms with Crippen LogP contribution in [0.1, 0.15) is 5.56 Å². The number of thiocarbonyl (C=S) groups is 1. The van der Waals surface area contributed by atoms with Gasteiger partial charge in [-0.3, -0.25) is 4.57 Å². The molecule has 74 valence electrons. The van der Waals surface area contributed by atoms with E-state index in [1.807, 2.05) is 30.3 Å². The molecule has 0 aliphatic carbocycles.